The molecule has 1 rings (SSSR count). The van der Waals surface area contributed by atoms with Crippen molar-refractivity contribution in [3.05, 3.63) is 34.6 Å². The smallest absolute Gasteiger partial charge is 0.142 e. The second-order valence-corrected chi connectivity index (χ2v) is 6.37. The average molecular weight is 302 g/mol. The normalized spacial score (nSPS) is 13.5. The first-order valence-electron chi connectivity index (χ1n) is 7.13. The third kappa shape index (κ3) is 6.21. The first-order chi connectivity index (χ1) is 9.33. The summed E-state index contributed by atoms with van der Waals surface area (Å²) in [7, 11) is 0. The molecule has 1 atom stereocenters. The molecule has 1 aromatic rings. The third-order valence-electron chi connectivity index (χ3n) is 2.90. The largest absolute Gasteiger partial charge is 0.374 e. The molecule has 0 saturated heterocycles. The van der Waals surface area contributed by atoms with E-state index in [1.807, 2.05) is 26.8 Å². The second-order valence-electron chi connectivity index (χ2n) is 5.99. The van der Waals surface area contributed by atoms with E-state index >= 15 is 0 Å². The van der Waals surface area contributed by atoms with E-state index in [2.05, 4.69) is 12.2 Å². The van der Waals surface area contributed by atoms with E-state index in [-0.39, 0.29) is 22.5 Å². The van der Waals surface area contributed by atoms with Crippen molar-refractivity contribution in [2.75, 3.05) is 13.2 Å². The van der Waals surface area contributed by atoms with Crippen molar-refractivity contribution in [3.63, 3.8) is 0 Å². The van der Waals surface area contributed by atoms with Crippen molar-refractivity contribution in [3.8, 4) is 0 Å². The van der Waals surface area contributed by atoms with Crippen molar-refractivity contribution < 1.29 is 9.13 Å². The highest BCUT2D eigenvalue weighted by atomic mass is 35.5. The van der Waals surface area contributed by atoms with Gasteiger partial charge in [-0.15, -0.1) is 0 Å². The molecule has 114 valence electrons. The van der Waals surface area contributed by atoms with Gasteiger partial charge in [-0.3, -0.25) is 0 Å². The fraction of sp³-hybridized carbons (Fsp3) is 0.625. The minimum atomic E-state index is -0.366. The zero-order valence-electron chi connectivity index (χ0n) is 12.8. The van der Waals surface area contributed by atoms with Crippen molar-refractivity contribution in [1.29, 1.82) is 0 Å². The zero-order valence-corrected chi connectivity index (χ0v) is 13.6. The molecule has 0 saturated carbocycles. The summed E-state index contributed by atoms with van der Waals surface area (Å²) in [5.41, 5.74) is 0.635. The highest BCUT2D eigenvalue weighted by Crippen LogP contribution is 2.21. The maximum absolute atomic E-state index is 13.5. The van der Waals surface area contributed by atoms with Crippen molar-refractivity contribution in [2.24, 2.45) is 0 Å². The SMILES string of the molecule is CCCNC(COC(C)(C)C)Cc1cccc(F)c1Cl. The first kappa shape index (κ1) is 17.4. The number of hydrogen-bond donors (Lipinski definition) is 1. The minimum Gasteiger partial charge on any atom is -0.374 e. The Morgan fingerprint density at radius 3 is 2.65 bits per heavy atom. The molecule has 0 radical (unpaired) electrons. The topological polar surface area (TPSA) is 21.3 Å². The van der Waals surface area contributed by atoms with Gasteiger partial charge in [0.05, 0.1) is 17.2 Å². The number of rotatable bonds is 7. The average Bonchev–Trinajstić information content (AvgIpc) is 2.37. The van der Waals surface area contributed by atoms with Crippen LogP contribution in [0.5, 0.6) is 0 Å². The molecule has 0 fully saturated rings. The van der Waals surface area contributed by atoms with Crippen LogP contribution in [-0.4, -0.2) is 24.8 Å². The van der Waals surface area contributed by atoms with E-state index in [1.54, 1.807) is 6.07 Å². The Balaban J connectivity index is 2.70. The molecule has 0 aliphatic rings. The molecule has 20 heavy (non-hydrogen) atoms. The van der Waals surface area contributed by atoms with Crippen LogP contribution >= 0.6 is 11.6 Å². The molecule has 4 heteroatoms. The van der Waals surface area contributed by atoms with Gasteiger partial charge in [0, 0.05) is 6.04 Å². The molecular formula is C16H25ClFNO. The van der Waals surface area contributed by atoms with Crippen LogP contribution in [0.3, 0.4) is 0 Å². The standard InChI is InChI=1S/C16H25ClFNO/c1-5-9-19-13(11-20-16(2,3)4)10-12-7-6-8-14(18)15(12)17/h6-8,13,19H,5,9-11H2,1-4H3. The summed E-state index contributed by atoms with van der Waals surface area (Å²) in [6.07, 6.45) is 1.70. The van der Waals surface area contributed by atoms with E-state index in [0.717, 1.165) is 18.5 Å². The van der Waals surface area contributed by atoms with Crippen LogP contribution in [0.25, 0.3) is 0 Å². The van der Waals surface area contributed by atoms with Crippen LogP contribution in [0.15, 0.2) is 18.2 Å². The van der Waals surface area contributed by atoms with E-state index in [9.17, 15) is 4.39 Å². The van der Waals surface area contributed by atoms with Crippen LogP contribution in [0, 0.1) is 5.82 Å². The van der Waals surface area contributed by atoms with Crippen LogP contribution in [0.1, 0.15) is 39.7 Å². The Morgan fingerprint density at radius 2 is 2.05 bits per heavy atom. The highest BCUT2D eigenvalue weighted by Gasteiger charge is 2.17. The number of hydrogen-bond acceptors (Lipinski definition) is 2. The van der Waals surface area contributed by atoms with Gasteiger partial charge in [0.1, 0.15) is 5.82 Å². The maximum Gasteiger partial charge on any atom is 0.142 e. The molecule has 0 amide bonds. The molecule has 0 bridgehead atoms. The minimum absolute atomic E-state index is 0.133. The molecule has 1 unspecified atom stereocenters. The maximum atomic E-state index is 13.5. The second kappa shape index (κ2) is 7.96. The summed E-state index contributed by atoms with van der Waals surface area (Å²) in [5.74, 6) is -0.366. The lowest BCUT2D eigenvalue weighted by molar-refractivity contribution is -0.0143. The van der Waals surface area contributed by atoms with Gasteiger partial charge in [0.2, 0.25) is 0 Å². The summed E-state index contributed by atoms with van der Waals surface area (Å²) >= 11 is 6.02. The van der Waals surface area contributed by atoms with E-state index in [4.69, 9.17) is 16.3 Å². The van der Waals surface area contributed by atoms with Gasteiger partial charge in [-0.05, 0) is 51.8 Å². The van der Waals surface area contributed by atoms with Gasteiger partial charge >= 0.3 is 0 Å². The lowest BCUT2D eigenvalue weighted by Gasteiger charge is -2.25. The van der Waals surface area contributed by atoms with Crippen molar-refractivity contribution in [1.82, 2.24) is 5.32 Å². The summed E-state index contributed by atoms with van der Waals surface area (Å²) in [6, 6.07) is 5.07. The molecule has 1 N–H and O–H groups in total. The lowest BCUT2D eigenvalue weighted by atomic mass is 10.1. The fourth-order valence-electron chi connectivity index (χ4n) is 1.86. The summed E-state index contributed by atoms with van der Waals surface area (Å²) in [6.45, 7) is 9.68. The van der Waals surface area contributed by atoms with Crippen LogP contribution in [0.4, 0.5) is 4.39 Å². The molecule has 0 aliphatic carbocycles. The van der Waals surface area contributed by atoms with Gasteiger partial charge < -0.3 is 10.1 Å². The van der Waals surface area contributed by atoms with Crippen molar-refractivity contribution >= 4 is 11.6 Å². The fourth-order valence-corrected chi connectivity index (χ4v) is 2.06. The number of ether oxygens (including phenoxy) is 1. The van der Waals surface area contributed by atoms with Gasteiger partial charge in [0.15, 0.2) is 0 Å². The quantitative estimate of drug-likeness (QED) is 0.815. The Hall–Kier alpha value is -0.640. The van der Waals surface area contributed by atoms with Gasteiger partial charge in [-0.25, -0.2) is 4.39 Å². The summed E-state index contributed by atoms with van der Waals surface area (Å²) < 4.78 is 19.3. The number of halogens is 2. The van der Waals surface area contributed by atoms with Crippen LogP contribution in [0.2, 0.25) is 5.02 Å². The predicted octanol–water partition coefficient (Wildman–Crippen LogP) is 4.20. The Kier molecular flexibility index (Phi) is 6.93. The Morgan fingerprint density at radius 1 is 1.35 bits per heavy atom. The van der Waals surface area contributed by atoms with Crippen LogP contribution in [-0.2, 0) is 11.2 Å². The van der Waals surface area contributed by atoms with E-state index in [0.29, 0.717) is 13.0 Å². The zero-order chi connectivity index (χ0) is 15.2. The molecule has 1 aromatic carbocycles. The molecule has 0 heterocycles. The number of nitrogens with one attached hydrogen (secondary N) is 1. The van der Waals surface area contributed by atoms with Crippen LogP contribution < -0.4 is 5.32 Å². The summed E-state index contributed by atoms with van der Waals surface area (Å²) in [5, 5.41) is 3.65. The Labute approximate surface area is 126 Å². The lowest BCUT2D eigenvalue weighted by Crippen LogP contribution is -2.38. The van der Waals surface area contributed by atoms with Gasteiger partial charge in [0.25, 0.3) is 0 Å². The first-order valence-corrected chi connectivity index (χ1v) is 7.51. The van der Waals surface area contributed by atoms with E-state index in [1.165, 1.54) is 6.07 Å². The third-order valence-corrected chi connectivity index (χ3v) is 3.32. The van der Waals surface area contributed by atoms with E-state index < -0.39 is 0 Å². The predicted molar refractivity (Wildman–Crippen MR) is 82.9 cm³/mol. The monoisotopic (exact) mass is 301 g/mol. The van der Waals surface area contributed by atoms with Gasteiger partial charge in [-0.1, -0.05) is 30.7 Å². The number of benzene rings is 1. The molecule has 0 spiro atoms. The Bertz CT molecular complexity index is 417. The van der Waals surface area contributed by atoms with Gasteiger partial charge in [-0.2, -0.15) is 0 Å². The molecule has 0 aromatic heterocycles. The molecule has 2 nitrogen and oxygen atoms in total. The van der Waals surface area contributed by atoms with Crippen molar-refractivity contribution in [2.45, 2.75) is 52.2 Å². The highest BCUT2D eigenvalue weighted by molar-refractivity contribution is 6.31. The molecule has 0 aliphatic heterocycles. The molecular weight excluding hydrogens is 277 g/mol. The summed E-state index contributed by atoms with van der Waals surface area (Å²) in [4.78, 5) is 0.